The molecule has 0 fully saturated rings. The van der Waals surface area contributed by atoms with Gasteiger partial charge in [0, 0.05) is 6.54 Å². The summed E-state index contributed by atoms with van der Waals surface area (Å²) in [7, 11) is 0. The second-order valence-corrected chi connectivity index (χ2v) is 7.46. The first kappa shape index (κ1) is 18.3. The number of rotatable bonds is 5. The van der Waals surface area contributed by atoms with Crippen molar-refractivity contribution >= 4 is 5.91 Å². The molecule has 0 radical (unpaired) electrons. The molecule has 1 aliphatic rings. The van der Waals surface area contributed by atoms with Gasteiger partial charge in [0.05, 0.1) is 12.1 Å². The van der Waals surface area contributed by atoms with Crippen LogP contribution in [0.2, 0.25) is 0 Å². The molecule has 1 unspecified atom stereocenters. The molecule has 5 nitrogen and oxygen atoms in total. The number of hydrogen-bond donors (Lipinski definition) is 0. The van der Waals surface area contributed by atoms with E-state index < -0.39 is 0 Å². The Kier molecular flexibility index (Phi) is 4.90. The van der Waals surface area contributed by atoms with Gasteiger partial charge in [-0.2, -0.15) is 5.10 Å². The number of amides is 1. The number of benzene rings is 2. The van der Waals surface area contributed by atoms with Crippen molar-refractivity contribution in [2.24, 2.45) is 0 Å². The van der Waals surface area contributed by atoms with Crippen LogP contribution >= 0.6 is 0 Å². The number of nitrogens with zero attached hydrogens (tertiary/aromatic N) is 3. The minimum Gasteiger partial charge on any atom is -0.487 e. The smallest absolute Gasteiger partial charge is 0.272 e. The van der Waals surface area contributed by atoms with Gasteiger partial charge in [0.2, 0.25) is 0 Å². The lowest BCUT2D eigenvalue weighted by Gasteiger charge is -2.36. The van der Waals surface area contributed by atoms with E-state index in [4.69, 9.17) is 4.74 Å². The molecule has 0 spiro atoms. The lowest BCUT2D eigenvalue weighted by Crippen LogP contribution is -2.43. The monoisotopic (exact) mass is 375 g/mol. The van der Waals surface area contributed by atoms with Crippen molar-refractivity contribution in [1.29, 1.82) is 0 Å². The molecule has 0 saturated carbocycles. The van der Waals surface area contributed by atoms with E-state index in [2.05, 4.69) is 31.1 Å². The van der Waals surface area contributed by atoms with Crippen LogP contribution in [0.1, 0.15) is 53.2 Å². The number of ether oxygens (including phenoxy) is 1. The van der Waals surface area contributed by atoms with Crippen molar-refractivity contribution in [3.05, 3.63) is 83.2 Å². The third-order valence-electron chi connectivity index (χ3n) is 5.27. The first-order chi connectivity index (χ1) is 13.5. The third kappa shape index (κ3) is 3.52. The Morgan fingerprint density at radius 2 is 1.93 bits per heavy atom. The van der Waals surface area contributed by atoms with E-state index in [0.717, 1.165) is 22.6 Å². The Morgan fingerprint density at radius 3 is 2.68 bits per heavy atom. The molecule has 4 rings (SSSR count). The largest absolute Gasteiger partial charge is 0.487 e. The summed E-state index contributed by atoms with van der Waals surface area (Å²) in [4.78, 5) is 15.1. The maximum absolute atomic E-state index is 13.1. The predicted octanol–water partition coefficient (Wildman–Crippen LogP) is 4.55. The summed E-state index contributed by atoms with van der Waals surface area (Å²) in [6.45, 7) is 7.19. The molecule has 2 aromatic carbocycles. The zero-order valence-electron chi connectivity index (χ0n) is 16.5. The van der Waals surface area contributed by atoms with Crippen LogP contribution in [0.3, 0.4) is 0 Å². The van der Waals surface area contributed by atoms with Crippen molar-refractivity contribution < 1.29 is 9.53 Å². The first-order valence-corrected chi connectivity index (χ1v) is 9.66. The number of fused-ring (bicyclic) bond motifs is 1. The molecule has 3 aromatic rings. The molecule has 144 valence electrons. The maximum Gasteiger partial charge on any atom is 0.272 e. The second-order valence-electron chi connectivity index (χ2n) is 7.46. The Hall–Kier alpha value is -3.08. The van der Waals surface area contributed by atoms with E-state index >= 15 is 0 Å². The lowest BCUT2D eigenvalue weighted by atomic mass is 10.0. The molecule has 1 aromatic heterocycles. The standard InChI is InChI=1S/C23H25N3O2/c1-16-8-7-11-21(12-16)28-15-20-13-22-23(27)25(14-17(2)26(22)24-20)18(3)19-9-5-4-6-10-19/h4-13,17-18H,14-15H2,1-3H3/t17?,18-/m1/s1. The van der Waals surface area contributed by atoms with E-state index in [1.54, 1.807) is 0 Å². The molecular formula is C23H25N3O2. The minimum atomic E-state index is 0.0174. The molecule has 2 atom stereocenters. The summed E-state index contributed by atoms with van der Waals surface area (Å²) in [5.41, 5.74) is 3.69. The third-order valence-corrected chi connectivity index (χ3v) is 5.27. The Bertz CT molecular complexity index is 981. The summed E-state index contributed by atoms with van der Waals surface area (Å²) in [5.74, 6) is 0.827. The molecule has 1 amide bonds. The Balaban J connectivity index is 1.53. The van der Waals surface area contributed by atoms with Crippen LogP contribution in [-0.2, 0) is 6.61 Å². The van der Waals surface area contributed by atoms with Crippen LogP contribution in [0.15, 0.2) is 60.7 Å². The molecule has 0 N–H and O–H groups in total. The molecule has 28 heavy (non-hydrogen) atoms. The average molecular weight is 375 g/mol. The second kappa shape index (κ2) is 7.50. The molecular weight excluding hydrogens is 350 g/mol. The van der Waals surface area contributed by atoms with Gasteiger partial charge in [0.15, 0.2) is 0 Å². The van der Waals surface area contributed by atoms with Crippen molar-refractivity contribution in [2.45, 2.75) is 39.5 Å². The highest BCUT2D eigenvalue weighted by molar-refractivity contribution is 5.93. The quantitative estimate of drug-likeness (QED) is 0.657. The van der Waals surface area contributed by atoms with Crippen LogP contribution in [0.4, 0.5) is 0 Å². The van der Waals surface area contributed by atoms with Gasteiger partial charge in [-0.1, -0.05) is 42.5 Å². The van der Waals surface area contributed by atoms with Crippen LogP contribution in [0.5, 0.6) is 5.75 Å². The maximum atomic E-state index is 13.1. The van der Waals surface area contributed by atoms with E-state index in [1.807, 2.05) is 65.0 Å². The van der Waals surface area contributed by atoms with Crippen molar-refractivity contribution in [3.63, 3.8) is 0 Å². The zero-order chi connectivity index (χ0) is 19.7. The van der Waals surface area contributed by atoms with Gasteiger partial charge in [-0.3, -0.25) is 9.48 Å². The Morgan fingerprint density at radius 1 is 1.14 bits per heavy atom. The van der Waals surface area contributed by atoms with Crippen molar-refractivity contribution in [2.75, 3.05) is 6.54 Å². The Labute approximate surface area is 165 Å². The molecule has 5 heteroatoms. The predicted molar refractivity (Wildman–Crippen MR) is 108 cm³/mol. The highest BCUT2D eigenvalue weighted by atomic mass is 16.5. The summed E-state index contributed by atoms with van der Waals surface area (Å²) in [5, 5.41) is 4.63. The van der Waals surface area contributed by atoms with Crippen molar-refractivity contribution in [1.82, 2.24) is 14.7 Å². The molecule has 0 aliphatic carbocycles. The number of aryl methyl sites for hydroxylation is 1. The highest BCUT2D eigenvalue weighted by Crippen LogP contribution is 2.29. The van der Waals surface area contributed by atoms with Gasteiger partial charge >= 0.3 is 0 Å². The van der Waals surface area contributed by atoms with E-state index in [9.17, 15) is 4.79 Å². The molecule has 2 heterocycles. The van der Waals surface area contributed by atoms with Crippen LogP contribution in [-0.4, -0.2) is 27.1 Å². The fourth-order valence-electron chi connectivity index (χ4n) is 3.71. The van der Waals surface area contributed by atoms with Crippen LogP contribution < -0.4 is 4.74 Å². The average Bonchev–Trinajstić information content (AvgIpc) is 3.15. The lowest BCUT2D eigenvalue weighted by molar-refractivity contribution is 0.0586. The summed E-state index contributed by atoms with van der Waals surface area (Å²) < 4.78 is 7.70. The van der Waals surface area contributed by atoms with Gasteiger partial charge in [-0.15, -0.1) is 0 Å². The number of carbonyl (C=O) groups is 1. The number of carbonyl (C=O) groups excluding carboxylic acids is 1. The molecule has 0 bridgehead atoms. The zero-order valence-corrected chi connectivity index (χ0v) is 16.5. The van der Waals surface area contributed by atoms with Gasteiger partial charge in [-0.05, 0) is 50.1 Å². The highest BCUT2D eigenvalue weighted by Gasteiger charge is 2.33. The minimum absolute atomic E-state index is 0.0174. The SMILES string of the molecule is Cc1cccc(OCc2cc3n(n2)C(C)CN([C@H](C)c2ccccc2)C3=O)c1. The van der Waals surface area contributed by atoms with Gasteiger partial charge < -0.3 is 9.64 Å². The first-order valence-electron chi connectivity index (χ1n) is 9.66. The van der Waals surface area contributed by atoms with Crippen molar-refractivity contribution in [3.8, 4) is 5.75 Å². The van der Waals surface area contributed by atoms with Crippen LogP contribution in [0, 0.1) is 6.92 Å². The van der Waals surface area contributed by atoms with Gasteiger partial charge in [0.1, 0.15) is 23.7 Å². The topological polar surface area (TPSA) is 47.4 Å². The number of aromatic nitrogens is 2. The van der Waals surface area contributed by atoms with Gasteiger partial charge in [0.25, 0.3) is 5.91 Å². The number of hydrogen-bond acceptors (Lipinski definition) is 3. The molecule has 0 saturated heterocycles. The van der Waals surface area contributed by atoms with E-state index in [-0.39, 0.29) is 18.0 Å². The van der Waals surface area contributed by atoms with Gasteiger partial charge in [-0.25, -0.2) is 0 Å². The summed E-state index contributed by atoms with van der Waals surface area (Å²) in [6.07, 6.45) is 0. The van der Waals surface area contributed by atoms with E-state index in [0.29, 0.717) is 18.8 Å². The fraction of sp³-hybridized carbons (Fsp3) is 0.304. The van der Waals surface area contributed by atoms with Crippen LogP contribution in [0.25, 0.3) is 0 Å². The normalized spacial score (nSPS) is 17.3. The summed E-state index contributed by atoms with van der Waals surface area (Å²) in [6, 6.07) is 20.1. The van der Waals surface area contributed by atoms with E-state index in [1.165, 1.54) is 0 Å². The summed E-state index contributed by atoms with van der Waals surface area (Å²) >= 11 is 0. The molecule has 1 aliphatic heterocycles. The fourth-order valence-corrected chi connectivity index (χ4v) is 3.71.